The minimum atomic E-state index is -4.64. The van der Waals surface area contributed by atoms with Gasteiger partial charge in [0.15, 0.2) is 6.61 Å². The Morgan fingerprint density at radius 3 is 2.37 bits per heavy atom. The molecule has 0 aliphatic heterocycles. The van der Waals surface area contributed by atoms with Crippen molar-refractivity contribution in [1.29, 1.82) is 0 Å². The van der Waals surface area contributed by atoms with E-state index in [-0.39, 0.29) is 12.8 Å². The summed E-state index contributed by atoms with van der Waals surface area (Å²) in [6.07, 6.45) is -5.16. The maximum Gasteiger partial charge on any atom is 0.418 e. The summed E-state index contributed by atoms with van der Waals surface area (Å²) in [5, 5.41) is 5.10. The van der Waals surface area contributed by atoms with Gasteiger partial charge in [-0.05, 0) is 36.8 Å². The number of alkyl halides is 3. The molecule has 2 aromatic carbocycles. The zero-order valence-corrected chi connectivity index (χ0v) is 16.6. The van der Waals surface area contributed by atoms with Crippen LogP contribution in [0, 0.1) is 6.92 Å². The van der Waals surface area contributed by atoms with Gasteiger partial charge >= 0.3 is 12.1 Å². The summed E-state index contributed by atoms with van der Waals surface area (Å²) >= 11 is 5.96. The van der Waals surface area contributed by atoms with Crippen LogP contribution >= 0.6 is 11.6 Å². The fourth-order valence-electron chi connectivity index (χ4n) is 2.35. The second-order valence-corrected chi connectivity index (χ2v) is 6.67. The molecule has 0 saturated carbocycles. The summed E-state index contributed by atoms with van der Waals surface area (Å²) in [6, 6.07) is 9.37. The summed E-state index contributed by atoms with van der Waals surface area (Å²) in [6.45, 7) is 1.03. The smallest absolute Gasteiger partial charge is 0.418 e. The number of halogens is 4. The normalized spacial score (nSPS) is 11.0. The lowest BCUT2D eigenvalue weighted by atomic mass is 10.1. The molecule has 2 amide bonds. The summed E-state index contributed by atoms with van der Waals surface area (Å²) in [5.41, 5.74) is -0.152. The summed E-state index contributed by atoms with van der Waals surface area (Å²) in [5.74, 6) is -2.24. The Morgan fingerprint density at radius 2 is 1.70 bits per heavy atom. The van der Waals surface area contributed by atoms with E-state index in [2.05, 4.69) is 10.6 Å². The highest BCUT2D eigenvalue weighted by molar-refractivity contribution is 6.31. The van der Waals surface area contributed by atoms with Crippen molar-refractivity contribution >= 4 is 40.8 Å². The van der Waals surface area contributed by atoms with Gasteiger partial charge < -0.3 is 15.4 Å². The minimum Gasteiger partial charge on any atom is -0.456 e. The van der Waals surface area contributed by atoms with Crippen LogP contribution in [-0.4, -0.2) is 24.4 Å². The standard InChI is InChI=1S/C20H18ClF3N2O4/c1-12-6-7-13(10-15(12)21)25-17(27)8-9-19(29)30-11-18(28)26-16-5-3-2-4-14(16)20(22,23)24/h2-7,10H,8-9,11H2,1H3,(H,25,27)(H,26,28). The third kappa shape index (κ3) is 7.07. The van der Waals surface area contributed by atoms with Gasteiger partial charge in [-0.1, -0.05) is 29.8 Å². The molecule has 0 atom stereocenters. The highest BCUT2D eigenvalue weighted by Crippen LogP contribution is 2.34. The van der Waals surface area contributed by atoms with Crippen LogP contribution in [0.25, 0.3) is 0 Å². The van der Waals surface area contributed by atoms with Gasteiger partial charge in [0.2, 0.25) is 5.91 Å². The molecule has 0 saturated heterocycles. The molecule has 30 heavy (non-hydrogen) atoms. The second kappa shape index (κ2) is 10.1. The van der Waals surface area contributed by atoms with Crippen LogP contribution in [0.4, 0.5) is 24.5 Å². The Labute approximate surface area is 175 Å². The van der Waals surface area contributed by atoms with Crippen LogP contribution in [-0.2, 0) is 25.3 Å². The Balaban J connectivity index is 1.77. The molecule has 0 bridgehead atoms. The molecule has 0 unspecified atom stereocenters. The Morgan fingerprint density at radius 1 is 1.00 bits per heavy atom. The molecule has 2 N–H and O–H groups in total. The fraction of sp³-hybridized carbons (Fsp3) is 0.250. The molecule has 160 valence electrons. The Kier molecular flexibility index (Phi) is 7.82. The van der Waals surface area contributed by atoms with E-state index in [1.165, 1.54) is 12.1 Å². The second-order valence-electron chi connectivity index (χ2n) is 6.26. The minimum absolute atomic E-state index is 0.206. The van der Waals surface area contributed by atoms with Crippen molar-refractivity contribution in [2.45, 2.75) is 25.9 Å². The number of hydrogen-bond acceptors (Lipinski definition) is 4. The number of carbonyl (C=O) groups excluding carboxylic acids is 3. The summed E-state index contributed by atoms with van der Waals surface area (Å²) in [4.78, 5) is 35.4. The molecule has 0 radical (unpaired) electrons. The number of amides is 2. The third-order valence-corrected chi connectivity index (χ3v) is 4.29. The Hall–Kier alpha value is -3.07. The zero-order chi connectivity index (χ0) is 22.3. The van der Waals surface area contributed by atoms with E-state index in [9.17, 15) is 27.6 Å². The van der Waals surface area contributed by atoms with E-state index >= 15 is 0 Å². The van der Waals surface area contributed by atoms with E-state index in [1.54, 1.807) is 18.2 Å². The van der Waals surface area contributed by atoms with E-state index in [0.29, 0.717) is 10.7 Å². The number of esters is 1. The van der Waals surface area contributed by atoms with Gasteiger partial charge in [-0.15, -0.1) is 0 Å². The van der Waals surface area contributed by atoms with Gasteiger partial charge in [-0.25, -0.2) is 0 Å². The first-order chi connectivity index (χ1) is 14.1. The Bertz CT molecular complexity index is 948. The predicted octanol–water partition coefficient (Wildman–Crippen LogP) is 4.57. The third-order valence-electron chi connectivity index (χ3n) is 3.88. The van der Waals surface area contributed by atoms with Crippen molar-refractivity contribution in [3.05, 3.63) is 58.6 Å². The first-order valence-corrected chi connectivity index (χ1v) is 9.12. The number of nitrogens with one attached hydrogen (secondary N) is 2. The van der Waals surface area contributed by atoms with Gasteiger partial charge in [-0.3, -0.25) is 14.4 Å². The molecule has 6 nitrogen and oxygen atoms in total. The monoisotopic (exact) mass is 442 g/mol. The number of carbonyl (C=O) groups is 3. The van der Waals surface area contributed by atoms with Crippen molar-refractivity contribution in [3.8, 4) is 0 Å². The van der Waals surface area contributed by atoms with E-state index in [4.69, 9.17) is 16.3 Å². The SMILES string of the molecule is Cc1ccc(NC(=O)CCC(=O)OCC(=O)Nc2ccccc2C(F)(F)F)cc1Cl. The quantitative estimate of drug-likeness (QED) is 0.615. The van der Waals surface area contributed by atoms with Crippen molar-refractivity contribution in [3.63, 3.8) is 0 Å². The maximum absolute atomic E-state index is 12.9. The lowest BCUT2D eigenvalue weighted by Gasteiger charge is -2.13. The van der Waals surface area contributed by atoms with Crippen molar-refractivity contribution in [2.24, 2.45) is 0 Å². The maximum atomic E-state index is 12.9. The van der Waals surface area contributed by atoms with Crippen LogP contribution in [0.1, 0.15) is 24.0 Å². The molecule has 10 heteroatoms. The average Bonchev–Trinajstić information content (AvgIpc) is 2.67. The number of ether oxygens (including phenoxy) is 1. The lowest BCUT2D eigenvalue weighted by molar-refractivity contribution is -0.148. The molecule has 0 heterocycles. The first kappa shape index (κ1) is 23.2. The number of aryl methyl sites for hydroxylation is 1. The number of benzene rings is 2. The first-order valence-electron chi connectivity index (χ1n) is 8.74. The highest BCUT2D eigenvalue weighted by Gasteiger charge is 2.33. The van der Waals surface area contributed by atoms with Crippen LogP contribution in [0.5, 0.6) is 0 Å². The number of anilines is 2. The molecule has 2 rings (SSSR count). The average molecular weight is 443 g/mol. The number of rotatable bonds is 7. The lowest BCUT2D eigenvalue weighted by Crippen LogP contribution is -2.23. The molecule has 0 fully saturated rings. The van der Waals surface area contributed by atoms with Crippen LogP contribution in [0.2, 0.25) is 5.02 Å². The summed E-state index contributed by atoms with van der Waals surface area (Å²) < 4.78 is 43.4. The van der Waals surface area contributed by atoms with Gasteiger partial charge in [-0.2, -0.15) is 13.2 Å². The van der Waals surface area contributed by atoms with Gasteiger partial charge in [0.05, 0.1) is 17.7 Å². The van der Waals surface area contributed by atoms with Gasteiger partial charge in [0.25, 0.3) is 5.91 Å². The largest absolute Gasteiger partial charge is 0.456 e. The molecule has 2 aromatic rings. The number of para-hydroxylation sites is 1. The van der Waals surface area contributed by atoms with Crippen molar-refractivity contribution in [1.82, 2.24) is 0 Å². The van der Waals surface area contributed by atoms with Crippen LogP contribution in [0.15, 0.2) is 42.5 Å². The zero-order valence-electron chi connectivity index (χ0n) is 15.8. The highest BCUT2D eigenvalue weighted by atomic mass is 35.5. The molecular weight excluding hydrogens is 425 g/mol. The molecule has 0 spiro atoms. The van der Waals surface area contributed by atoms with Gasteiger partial charge in [0, 0.05) is 17.1 Å². The predicted molar refractivity (Wildman–Crippen MR) is 105 cm³/mol. The van der Waals surface area contributed by atoms with E-state index in [0.717, 1.165) is 17.7 Å². The molecule has 0 aliphatic rings. The van der Waals surface area contributed by atoms with Crippen LogP contribution < -0.4 is 10.6 Å². The molecular formula is C20H18ClF3N2O4. The molecule has 0 aliphatic carbocycles. The van der Waals surface area contributed by atoms with Gasteiger partial charge in [0.1, 0.15) is 0 Å². The van der Waals surface area contributed by atoms with E-state index < -0.39 is 41.8 Å². The van der Waals surface area contributed by atoms with Crippen molar-refractivity contribution < 1.29 is 32.3 Å². The summed E-state index contributed by atoms with van der Waals surface area (Å²) in [7, 11) is 0. The topological polar surface area (TPSA) is 84.5 Å². The van der Waals surface area contributed by atoms with Crippen LogP contribution in [0.3, 0.4) is 0 Å². The molecule has 0 aromatic heterocycles. The van der Waals surface area contributed by atoms with E-state index in [1.807, 2.05) is 6.92 Å². The number of hydrogen-bond donors (Lipinski definition) is 2. The fourth-order valence-corrected chi connectivity index (χ4v) is 2.53. The van der Waals surface area contributed by atoms with Crippen molar-refractivity contribution in [2.75, 3.05) is 17.2 Å².